The Balaban J connectivity index is 1.78. The smallest absolute Gasteiger partial charge is 0.263 e. The highest BCUT2D eigenvalue weighted by Gasteiger charge is 2.17. The zero-order chi connectivity index (χ0) is 18.8. The van der Waals surface area contributed by atoms with Gasteiger partial charge >= 0.3 is 0 Å². The SMILES string of the molecule is C=CCn1c(=O)c2ccccc2n2c(SCC(O)c3ccccc3)nnc12. The molecule has 0 saturated heterocycles. The van der Waals surface area contributed by atoms with Gasteiger partial charge in [-0.1, -0.05) is 60.3 Å². The predicted molar refractivity (Wildman–Crippen MR) is 107 cm³/mol. The van der Waals surface area contributed by atoms with Gasteiger partial charge in [-0.3, -0.25) is 13.8 Å². The zero-order valence-electron chi connectivity index (χ0n) is 14.5. The van der Waals surface area contributed by atoms with E-state index in [0.717, 1.165) is 11.1 Å². The average Bonchev–Trinajstić information content (AvgIpc) is 3.14. The first-order valence-corrected chi connectivity index (χ1v) is 9.52. The van der Waals surface area contributed by atoms with Crippen LogP contribution in [0.1, 0.15) is 11.7 Å². The molecule has 1 unspecified atom stereocenters. The second-order valence-corrected chi connectivity index (χ2v) is 7.06. The molecule has 0 bridgehead atoms. The fourth-order valence-corrected chi connectivity index (χ4v) is 3.95. The topological polar surface area (TPSA) is 72.4 Å². The van der Waals surface area contributed by atoms with E-state index >= 15 is 0 Å². The number of aliphatic hydroxyl groups excluding tert-OH is 1. The number of thioether (sulfide) groups is 1. The predicted octanol–water partition coefficient (Wildman–Crippen LogP) is 3.06. The Labute approximate surface area is 159 Å². The van der Waals surface area contributed by atoms with Crippen molar-refractivity contribution in [3.05, 3.63) is 83.2 Å². The van der Waals surface area contributed by atoms with Gasteiger partial charge in [0.25, 0.3) is 5.56 Å². The molecule has 1 N–H and O–H groups in total. The van der Waals surface area contributed by atoms with Crippen LogP contribution < -0.4 is 5.56 Å². The maximum atomic E-state index is 12.8. The van der Waals surface area contributed by atoms with E-state index in [2.05, 4.69) is 16.8 Å². The standard InChI is InChI=1S/C20H18N4O2S/c1-2-12-23-18(26)15-10-6-7-11-16(15)24-19(23)21-22-20(24)27-13-17(25)14-8-4-3-5-9-14/h2-11,17,25H,1,12-13H2. The second-order valence-electron chi connectivity index (χ2n) is 6.08. The molecule has 136 valence electrons. The Morgan fingerprint density at radius 3 is 2.63 bits per heavy atom. The van der Waals surface area contributed by atoms with Gasteiger partial charge < -0.3 is 5.11 Å². The molecule has 0 aliphatic heterocycles. The molecule has 7 heteroatoms. The lowest BCUT2D eigenvalue weighted by Gasteiger charge is -2.11. The molecule has 2 aromatic heterocycles. The van der Waals surface area contributed by atoms with Crippen molar-refractivity contribution in [2.24, 2.45) is 0 Å². The number of aliphatic hydroxyl groups is 1. The van der Waals surface area contributed by atoms with Crippen LogP contribution in [0.4, 0.5) is 0 Å². The van der Waals surface area contributed by atoms with E-state index in [4.69, 9.17) is 0 Å². The van der Waals surface area contributed by atoms with Crippen LogP contribution in [0.3, 0.4) is 0 Å². The third-order valence-corrected chi connectivity index (χ3v) is 5.35. The fraction of sp³-hybridized carbons (Fsp3) is 0.150. The molecular weight excluding hydrogens is 360 g/mol. The summed E-state index contributed by atoms with van der Waals surface area (Å²) in [5, 5.41) is 20.2. The number of hydrogen-bond acceptors (Lipinski definition) is 5. The van der Waals surface area contributed by atoms with E-state index in [1.807, 2.05) is 52.9 Å². The molecule has 2 aromatic carbocycles. The van der Waals surface area contributed by atoms with Gasteiger partial charge in [-0.15, -0.1) is 16.8 Å². The molecule has 0 spiro atoms. The van der Waals surface area contributed by atoms with Crippen LogP contribution in [-0.4, -0.2) is 30.0 Å². The van der Waals surface area contributed by atoms with Crippen LogP contribution in [-0.2, 0) is 6.54 Å². The van der Waals surface area contributed by atoms with Gasteiger partial charge in [-0.25, -0.2) is 0 Å². The molecule has 2 heterocycles. The number of para-hydroxylation sites is 1. The molecule has 0 radical (unpaired) electrons. The van der Waals surface area contributed by atoms with E-state index in [-0.39, 0.29) is 5.56 Å². The summed E-state index contributed by atoms with van der Waals surface area (Å²) in [5.74, 6) is 0.898. The first kappa shape index (κ1) is 17.5. The van der Waals surface area contributed by atoms with Gasteiger partial charge in [-0.05, 0) is 17.7 Å². The highest BCUT2D eigenvalue weighted by atomic mass is 32.2. The Kier molecular flexibility index (Phi) is 4.79. The van der Waals surface area contributed by atoms with E-state index < -0.39 is 6.10 Å². The highest BCUT2D eigenvalue weighted by molar-refractivity contribution is 7.99. The number of aromatic nitrogens is 4. The molecule has 0 saturated carbocycles. The first-order chi connectivity index (χ1) is 13.2. The van der Waals surface area contributed by atoms with Crippen LogP contribution in [0, 0.1) is 0 Å². The third-order valence-electron chi connectivity index (χ3n) is 4.34. The fourth-order valence-electron chi connectivity index (χ4n) is 3.05. The Bertz CT molecular complexity index is 1170. The van der Waals surface area contributed by atoms with Crippen molar-refractivity contribution >= 4 is 28.4 Å². The van der Waals surface area contributed by atoms with Gasteiger partial charge in [-0.2, -0.15) is 0 Å². The van der Waals surface area contributed by atoms with Gasteiger partial charge in [0.15, 0.2) is 5.16 Å². The summed E-state index contributed by atoms with van der Waals surface area (Å²) in [6.45, 7) is 4.08. The quantitative estimate of drug-likeness (QED) is 0.412. The molecule has 4 aromatic rings. The highest BCUT2D eigenvalue weighted by Crippen LogP contribution is 2.26. The van der Waals surface area contributed by atoms with E-state index in [1.54, 1.807) is 16.7 Å². The molecule has 4 rings (SSSR count). The van der Waals surface area contributed by atoms with Crippen molar-refractivity contribution in [3.8, 4) is 0 Å². The number of rotatable bonds is 6. The Morgan fingerprint density at radius 2 is 1.85 bits per heavy atom. The summed E-state index contributed by atoms with van der Waals surface area (Å²) in [5.41, 5.74) is 1.48. The second kappa shape index (κ2) is 7.38. The van der Waals surface area contributed by atoms with E-state index in [9.17, 15) is 9.90 Å². The normalized spacial score (nSPS) is 12.5. The molecule has 1 atom stereocenters. The number of fused-ring (bicyclic) bond motifs is 3. The Morgan fingerprint density at radius 1 is 1.11 bits per heavy atom. The third kappa shape index (κ3) is 3.15. The minimum Gasteiger partial charge on any atom is -0.388 e. The van der Waals surface area contributed by atoms with Gasteiger partial charge in [0.1, 0.15) is 0 Å². The van der Waals surface area contributed by atoms with Gasteiger partial charge in [0.05, 0.1) is 17.0 Å². The van der Waals surface area contributed by atoms with Crippen molar-refractivity contribution in [2.75, 3.05) is 5.75 Å². The number of nitrogens with zero attached hydrogens (tertiary/aromatic N) is 4. The monoisotopic (exact) mass is 378 g/mol. The molecule has 0 fully saturated rings. The van der Waals surface area contributed by atoms with Crippen LogP contribution in [0.5, 0.6) is 0 Å². The van der Waals surface area contributed by atoms with Crippen LogP contribution in [0.15, 0.2) is 77.2 Å². The average molecular weight is 378 g/mol. The molecule has 0 aliphatic rings. The van der Waals surface area contributed by atoms with E-state index in [1.165, 1.54) is 11.8 Å². The maximum absolute atomic E-state index is 12.8. The molecule has 0 aliphatic carbocycles. The largest absolute Gasteiger partial charge is 0.388 e. The van der Waals surface area contributed by atoms with Gasteiger partial charge in [0, 0.05) is 12.3 Å². The maximum Gasteiger partial charge on any atom is 0.263 e. The van der Waals surface area contributed by atoms with E-state index in [0.29, 0.717) is 28.6 Å². The summed E-state index contributed by atoms with van der Waals surface area (Å²) in [4.78, 5) is 12.8. The summed E-state index contributed by atoms with van der Waals surface area (Å²) in [7, 11) is 0. The molecule has 27 heavy (non-hydrogen) atoms. The summed E-state index contributed by atoms with van der Waals surface area (Å²) in [6, 6.07) is 16.9. The number of hydrogen-bond donors (Lipinski definition) is 1. The number of benzene rings is 2. The number of allylic oxidation sites excluding steroid dienone is 1. The van der Waals surface area contributed by atoms with Gasteiger partial charge in [0.2, 0.25) is 5.78 Å². The minimum atomic E-state index is -0.617. The first-order valence-electron chi connectivity index (χ1n) is 8.54. The lowest BCUT2D eigenvalue weighted by atomic mass is 10.1. The Hall–Kier alpha value is -2.90. The minimum absolute atomic E-state index is 0.119. The van der Waals surface area contributed by atoms with Crippen LogP contribution in [0.2, 0.25) is 0 Å². The summed E-state index contributed by atoms with van der Waals surface area (Å²) >= 11 is 1.41. The van der Waals surface area contributed by atoms with Crippen LogP contribution in [0.25, 0.3) is 16.7 Å². The lowest BCUT2D eigenvalue weighted by molar-refractivity contribution is 0.204. The zero-order valence-corrected chi connectivity index (χ0v) is 15.3. The molecular formula is C20H18N4O2S. The van der Waals surface area contributed by atoms with Crippen molar-refractivity contribution in [3.63, 3.8) is 0 Å². The van der Waals surface area contributed by atoms with Crippen molar-refractivity contribution in [2.45, 2.75) is 17.8 Å². The lowest BCUT2D eigenvalue weighted by Crippen LogP contribution is -2.22. The van der Waals surface area contributed by atoms with Crippen molar-refractivity contribution in [1.29, 1.82) is 0 Å². The molecule has 6 nitrogen and oxygen atoms in total. The van der Waals surface area contributed by atoms with Crippen molar-refractivity contribution < 1.29 is 5.11 Å². The summed E-state index contributed by atoms with van der Waals surface area (Å²) in [6.07, 6.45) is 1.05. The molecule has 0 amide bonds. The van der Waals surface area contributed by atoms with Crippen LogP contribution >= 0.6 is 11.8 Å². The van der Waals surface area contributed by atoms with Crippen molar-refractivity contribution in [1.82, 2.24) is 19.2 Å². The summed E-state index contributed by atoms with van der Waals surface area (Å²) < 4.78 is 3.42.